The fraction of sp³-hybridized carbons (Fsp3) is 1.00. The first-order valence-electron chi connectivity index (χ1n) is 7.68. The number of nitrogens with one attached hydrogen (secondary N) is 1. The molecule has 0 aromatic heterocycles. The van der Waals surface area contributed by atoms with Crippen LogP contribution >= 0.6 is 0 Å². The molecule has 3 heteroatoms. The first-order chi connectivity index (χ1) is 8.88. The zero-order chi connectivity index (χ0) is 13.1. The van der Waals surface area contributed by atoms with Crippen molar-refractivity contribution in [2.24, 2.45) is 5.92 Å². The van der Waals surface area contributed by atoms with Crippen LogP contribution in [0.4, 0.5) is 0 Å². The van der Waals surface area contributed by atoms with Crippen LogP contribution in [-0.4, -0.2) is 39.5 Å². The predicted octanol–water partition coefficient (Wildman–Crippen LogP) is 2.99. The molecule has 0 bridgehead atoms. The molecule has 1 N–H and O–H groups in total. The standard InChI is InChI=1S/C15H31NO2/c1-3-16-15-9-6-4-5-8-14(15)10-13-18-12-7-11-17-2/h14-16H,3-13H2,1-2H3. The van der Waals surface area contributed by atoms with Gasteiger partial charge in [-0.2, -0.15) is 0 Å². The summed E-state index contributed by atoms with van der Waals surface area (Å²) in [5.74, 6) is 0.815. The lowest BCUT2D eigenvalue weighted by Gasteiger charge is -2.25. The number of rotatable bonds is 9. The van der Waals surface area contributed by atoms with E-state index in [9.17, 15) is 0 Å². The molecule has 1 aliphatic rings. The topological polar surface area (TPSA) is 30.5 Å². The van der Waals surface area contributed by atoms with Crippen molar-refractivity contribution in [1.29, 1.82) is 0 Å². The molecular weight excluding hydrogens is 226 g/mol. The Morgan fingerprint density at radius 2 is 1.89 bits per heavy atom. The molecule has 0 amide bonds. The highest BCUT2D eigenvalue weighted by atomic mass is 16.5. The zero-order valence-electron chi connectivity index (χ0n) is 12.2. The zero-order valence-corrected chi connectivity index (χ0v) is 12.2. The van der Waals surface area contributed by atoms with Gasteiger partial charge in [0.25, 0.3) is 0 Å². The summed E-state index contributed by atoms with van der Waals surface area (Å²) in [6, 6.07) is 0.722. The van der Waals surface area contributed by atoms with E-state index >= 15 is 0 Å². The Hall–Kier alpha value is -0.120. The largest absolute Gasteiger partial charge is 0.385 e. The second-order valence-corrected chi connectivity index (χ2v) is 5.31. The van der Waals surface area contributed by atoms with Gasteiger partial charge in [-0.3, -0.25) is 0 Å². The SMILES string of the molecule is CCNC1CCCCCC1CCOCCCOC. The number of methoxy groups -OCH3 is 1. The fourth-order valence-corrected chi connectivity index (χ4v) is 2.90. The van der Waals surface area contributed by atoms with Crippen LogP contribution in [-0.2, 0) is 9.47 Å². The Kier molecular flexibility index (Phi) is 9.54. The number of ether oxygens (including phenoxy) is 2. The van der Waals surface area contributed by atoms with Crippen molar-refractivity contribution in [3.8, 4) is 0 Å². The Morgan fingerprint density at radius 1 is 1.06 bits per heavy atom. The lowest BCUT2D eigenvalue weighted by molar-refractivity contribution is 0.0890. The molecule has 0 spiro atoms. The molecular formula is C15H31NO2. The second kappa shape index (κ2) is 10.8. The molecule has 18 heavy (non-hydrogen) atoms. The van der Waals surface area contributed by atoms with Crippen molar-refractivity contribution < 1.29 is 9.47 Å². The number of hydrogen-bond donors (Lipinski definition) is 1. The van der Waals surface area contributed by atoms with Crippen LogP contribution in [0.15, 0.2) is 0 Å². The average Bonchev–Trinajstić information content (AvgIpc) is 2.60. The van der Waals surface area contributed by atoms with Gasteiger partial charge in [0.15, 0.2) is 0 Å². The van der Waals surface area contributed by atoms with E-state index in [4.69, 9.17) is 9.47 Å². The minimum Gasteiger partial charge on any atom is -0.385 e. The van der Waals surface area contributed by atoms with Gasteiger partial charge in [-0.25, -0.2) is 0 Å². The van der Waals surface area contributed by atoms with E-state index in [1.54, 1.807) is 7.11 Å². The van der Waals surface area contributed by atoms with Crippen LogP contribution in [0.5, 0.6) is 0 Å². The first kappa shape index (κ1) is 15.9. The van der Waals surface area contributed by atoms with Gasteiger partial charge >= 0.3 is 0 Å². The molecule has 0 saturated heterocycles. The van der Waals surface area contributed by atoms with Crippen molar-refractivity contribution in [2.45, 2.75) is 57.9 Å². The molecule has 0 radical (unpaired) electrons. The summed E-state index contributed by atoms with van der Waals surface area (Å²) in [6.07, 6.45) is 9.15. The summed E-state index contributed by atoms with van der Waals surface area (Å²) in [4.78, 5) is 0. The van der Waals surface area contributed by atoms with E-state index in [1.807, 2.05) is 0 Å². The normalized spacial score (nSPS) is 25.0. The van der Waals surface area contributed by atoms with Gasteiger partial charge in [-0.1, -0.05) is 26.2 Å². The Labute approximate surface area is 113 Å². The van der Waals surface area contributed by atoms with Crippen LogP contribution in [0.2, 0.25) is 0 Å². The van der Waals surface area contributed by atoms with E-state index in [-0.39, 0.29) is 0 Å². The first-order valence-corrected chi connectivity index (χ1v) is 7.68. The summed E-state index contributed by atoms with van der Waals surface area (Å²) in [6.45, 7) is 5.87. The van der Waals surface area contributed by atoms with Crippen LogP contribution < -0.4 is 5.32 Å². The monoisotopic (exact) mass is 257 g/mol. The molecule has 108 valence electrons. The maximum absolute atomic E-state index is 5.70. The van der Waals surface area contributed by atoms with Gasteiger partial charge in [0, 0.05) is 33.0 Å². The Morgan fingerprint density at radius 3 is 2.67 bits per heavy atom. The summed E-state index contributed by atoms with van der Waals surface area (Å²) in [5.41, 5.74) is 0. The average molecular weight is 257 g/mol. The molecule has 1 rings (SSSR count). The van der Waals surface area contributed by atoms with Crippen molar-refractivity contribution in [3.05, 3.63) is 0 Å². The maximum Gasteiger partial charge on any atom is 0.0487 e. The molecule has 2 atom stereocenters. The van der Waals surface area contributed by atoms with Crippen molar-refractivity contribution in [1.82, 2.24) is 5.32 Å². The Balaban J connectivity index is 2.15. The van der Waals surface area contributed by atoms with Gasteiger partial charge in [0.1, 0.15) is 0 Å². The predicted molar refractivity (Wildman–Crippen MR) is 76.0 cm³/mol. The third-order valence-corrected chi connectivity index (χ3v) is 3.90. The highest BCUT2D eigenvalue weighted by Crippen LogP contribution is 2.26. The molecule has 0 aliphatic heterocycles. The van der Waals surface area contributed by atoms with E-state index in [2.05, 4.69) is 12.2 Å². The summed E-state index contributed by atoms with van der Waals surface area (Å²) in [5, 5.41) is 3.66. The molecule has 1 aliphatic carbocycles. The fourth-order valence-electron chi connectivity index (χ4n) is 2.90. The van der Waals surface area contributed by atoms with Gasteiger partial charge < -0.3 is 14.8 Å². The summed E-state index contributed by atoms with van der Waals surface area (Å²) >= 11 is 0. The van der Waals surface area contributed by atoms with E-state index in [1.165, 1.54) is 38.5 Å². The van der Waals surface area contributed by atoms with Crippen LogP contribution in [0.3, 0.4) is 0 Å². The smallest absolute Gasteiger partial charge is 0.0487 e. The minimum atomic E-state index is 0.722. The minimum absolute atomic E-state index is 0.722. The van der Waals surface area contributed by atoms with E-state index in [0.29, 0.717) is 0 Å². The van der Waals surface area contributed by atoms with Crippen molar-refractivity contribution in [2.75, 3.05) is 33.5 Å². The molecule has 3 nitrogen and oxygen atoms in total. The third kappa shape index (κ3) is 6.72. The molecule has 0 heterocycles. The van der Waals surface area contributed by atoms with Gasteiger partial charge in [-0.05, 0) is 38.1 Å². The lowest BCUT2D eigenvalue weighted by Crippen LogP contribution is -2.36. The van der Waals surface area contributed by atoms with Gasteiger partial charge in [0.05, 0.1) is 0 Å². The summed E-state index contributed by atoms with van der Waals surface area (Å²) < 4.78 is 10.7. The van der Waals surface area contributed by atoms with Crippen LogP contribution in [0, 0.1) is 5.92 Å². The summed E-state index contributed by atoms with van der Waals surface area (Å²) in [7, 11) is 1.74. The second-order valence-electron chi connectivity index (χ2n) is 5.31. The van der Waals surface area contributed by atoms with Gasteiger partial charge in [-0.15, -0.1) is 0 Å². The Bertz CT molecular complexity index is 187. The molecule has 1 fully saturated rings. The molecule has 2 unspecified atom stereocenters. The highest BCUT2D eigenvalue weighted by Gasteiger charge is 2.22. The van der Waals surface area contributed by atoms with Crippen molar-refractivity contribution in [3.63, 3.8) is 0 Å². The number of hydrogen-bond acceptors (Lipinski definition) is 3. The highest BCUT2D eigenvalue weighted by molar-refractivity contribution is 4.79. The molecule has 0 aromatic rings. The van der Waals surface area contributed by atoms with Gasteiger partial charge in [0.2, 0.25) is 0 Å². The van der Waals surface area contributed by atoms with Crippen LogP contribution in [0.25, 0.3) is 0 Å². The van der Waals surface area contributed by atoms with Crippen molar-refractivity contribution >= 4 is 0 Å². The lowest BCUT2D eigenvalue weighted by atomic mass is 9.92. The van der Waals surface area contributed by atoms with E-state index < -0.39 is 0 Å². The van der Waals surface area contributed by atoms with E-state index in [0.717, 1.165) is 44.7 Å². The quantitative estimate of drug-likeness (QED) is 0.509. The third-order valence-electron chi connectivity index (χ3n) is 3.90. The maximum atomic E-state index is 5.70. The molecule has 1 saturated carbocycles. The molecule has 0 aromatic carbocycles. The van der Waals surface area contributed by atoms with Crippen LogP contribution in [0.1, 0.15) is 51.9 Å².